The van der Waals surface area contributed by atoms with Crippen LogP contribution in [0.2, 0.25) is 0 Å². The van der Waals surface area contributed by atoms with Gasteiger partial charge < -0.3 is 4.74 Å². The van der Waals surface area contributed by atoms with E-state index in [1.165, 1.54) is 34.4 Å². The van der Waals surface area contributed by atoms with Gasteiger partial charge >= 0.3 is 5.97 Å². The monoisotopic (exact) mass is 238 g/mol. The molecule has 1 aliphatic carbocycles. The summed E-state index contributed by atoms with van der Waals surface area (Å²) < 4.78 is 5.11. The van der Waals surface area contributed by atoms with Gasteiger partial charge in [0.1, 0.15) is 6.61 Å². The minimum absolute atomic E-state index is 0.243. The predicted octanol–water partition coefficient (Wildman–Crippen LogP) is 3.78. The molecule has 2 heteroatoms. The topological polar surface area (TPSA) is 26.3 Å². The fraction of sp³-hybridized carbons (Fsp3) is 0.188. The van der Waals surface area contributed by atoms with Gasteiger partial charge in [-0.25, -0.2) is 0 Å². The van der Waals surface area contributed by atoms with Gasteiger partial charge in [0, 0.05) is 6.92 Å². The van der Waals surface area contributed by atoms with E-state index in [0.29, 0.717) is 6.61 Å². The van der Waals surface area contributed by atoms with E-state index in [4.69, 9.17) is 4.74 Å². The number of allylic oxidation sites excluding steroid dienone is 1. The van der Waals surface area contributed by atoms with Crippen molar-refractivity contribution in [2.45, 2.75) is 20.5 Å². The molecule has 0 aromatic heterocycles. The van der Waals surface area contributed by atoms with Crippen LogP contribution < -0.4 is 0 Å². The highest BCUT2D eigenvalue weighted by Crippen LogP contribution is 2.37. The minimum Gasteiger partial charge on any atom is -0.461 e. The first kappa shape index (κ1) is 11.0. The molecule has 0 radical (unpaired) electrons. The molecule has 90 valence electrons. The highest BCUT2D eigenvalue weighted by molar-refractivity contribution is 6.09. The van der Waals surface area contributed by atoms with Crippen LogP contribution in [0.25, 0.3) is 22.4 Å². The van der Waals surface area contributed by atoms with Crippen molar-refractivity contribution in [1.82, 2.24) is 0 Å². The number of hydrogen-bond acceptors (Lipinski definition) is 2. The Hall–Kier alpha value is -2.09. The largest absolute Gasteiger partial charge is 0.461 e. The van der Waals surface area contributed by atoms with Crippen molar-refractivity contribution in [3.05, 3.63) is 47.0 Å². The molecule has 0 bridgehead atoms. The number of ether oxygens (including phenoxy) is 1. The van der Waals surface area contributed by atoms with Crippen molar-refractivity contribution in [3.63, 3.8) is 0 Å². The summed E-state index contributed by atoms with van der Waals surface area (Å²) in [4.78, 5) is 10.9. The van der Waals surface area contributed by atoms with Crippen LogP contribution in [0.5, 0.6) is 0 Å². The Bertz CT molecular complexity index is 681. The van der Waals surface area contributed by atoms with E-state index in [9.17, 15) is 4.79 Å². The zero-order valence-corrected chi connectivity index (χ0v) is 10.5. The van der Waals surface area contributed by atoms with Crippen LogP contribution in [-0.4, -0.2) is 5.97 Å². The maximum absolute atomic E-state index is 10.9. The minimum atomic E-state index is -0.243. The molecule has 0 fully saturated rings. The molecule has 0 atom stereocenters. The first-order valence-electron chi connectivity index (χ1n) is 6.03. The van der Waals surface area contributed by atoms with Crippen molar-refractivity contribution in [2.24, 2.45) is 0 Å². The number of benzene rings is 2. The van der Waals surface area contributed by atoms with E-state index < -0.39 is 0 Å². The maximum atomic E-state index is 10.9. The van der Waals surface area contributed by atoms with E-state index in [1.807, 2.05) is 6.07 Å². The summed E-state index contributed by atoms with van der Waals surface area (Å²) >= 11 is 0. The summed E-state index contributed by atoms with van der Waals surface area (Å²) in [6, 6.07) is 10.4. The summed E-state index contributed by atoms with van der Waals surface area (Å²) in [5.41, 5.74) is 4.89. The molecule has 0 saturated carbocycles. The van der Waals surface area contributed by atoms with Crippen LogP contribution in [0.4, 0.5) is 0 Å². The number of hydrogen-bond donors (Lipinski definition) is 0. The summed E-state index contributed by atoms with van der Waals surface area (Å²) in [5.74, 6) is -0.243. The Kier molecular flexibility index (Phi) is 2.44. The molecular weight excluding hydrogens is 224 g/mol. The lowest BCUT2D eigenvalue weighted by Gasteiger charge is -2.09. The van der Waals surface area contributed by atoms with Crippen LogP contribution in [0.1, 0.15) is 30.5 Å². The molecule has 18 heavy (non-hydrogen) atoms. The zero-order chi connectivity index (χ0) is 12.7. The van der Waals surface area contributed by atoms with Gasteiger partial charge in [0.05, 0.1) is 0 Å². The average molecular weight is 238 g/mol. The van der Waals surface area contributed by atoms with Crippen molar-refractivity contribution in [2.75, 3.05) is 0 Å². The van der Waals surface area contributed by atoms with Gasteiger partial charge in [-0.2, -0.15) is 0 Å². The molecule has 0 unspecified atom stereocenters. The number of carbonyl (C=O) groups excluding carboxylic acids is 1. The first-order valence-corrected chi connectivity index (χ1v) is 6.03. The second kappa shape index (κ2) is 3.98. The van der Waals surface area contributed by atoms with Crippen molar-refractivity contribution >= 4 is 28.4 Å². The summed E-state index contributed by atoms with van der Waals surface area (Å²) in [5, 5.41) is 2.46. The van der Waals surface area contributed by atoms with E-state index in [2.05, 4.69) is 37.3 Å². The van der Waals surface area contributed by atoms with E-state index >= 15 is 0 Å². The van der Waals surface area contributed by atoms with Gasteiger partial charge in [-0.05, 0) is 40.0 Å². The highest BCUT2D eigenvalue weighted by Gasteiger charge is 2.15. The van der Waals surface area contributed by atoms with Crippen LogP contribution >= 0.6 is 0 Å². The Morgan fingerprint density at radius 2 is 2.06 bits per heavy atom. The Morgan fingerprint density at radius 1 is 1.22 bits per heavy atom. The lowest BCUT2D eigenvalue weighted by Crippen LogP contribution is -1.99. The fourth-order valence-electron chi connectivity index (χ4n) is 2.56. The lowest BCUT2D eigenvalue weighted by molar-refractivity contribution is -0.142. The van der Waals surface area contributed by atoms with Gasteiger partial charge in [-0.3, -0.25) is 4.79 Å². The number of esters is 1. The SMILES string of the molecule is CC(=O)OCc1ccc2c3c(cccc13)C(C)=C2. The van der Waals surface area contributed by atoms with Crippen molar-refractivity contribution in [1.29, 1.82) is 0 Å². The van der Waals surface area contributed by atoms with Gasteiger partial charge in [0.15, 0.2) is 0 Å². The zero-order valence-electron chi connectivity index (χ0n) is 10.5. The second-order valence-corrected chi connectivity index (χ2v) is 4.65. The highest BCUT2D eigenvalue weighted by atomic mass is 16.5. The Morgan fingerprint density at radius 3 is 2.83 bits per heavy atom. The van der Waals surface area contributed by atoms with Gasteiger partial charge in [-0.1, -0.05) is 36.4 Å². The molecule has 2 nitrogen and oxygen atoms in total. The summed E-state index contributed by atoms with van der Waals surface area (Å²) in [6.07, 6.45) is 2.20. The van der Waals surface area contributed by atoms with E-state index in [-0.39, 0.29) is 5.97 Å². The number of carbonyl (C=O) groups is 1. The molecule has 1 aliphatic rings. The quantitative estimate of drug-likeness (QED) is 0.744. The maximum Gasteiger partial charge on any atom is 0.302 e. The molecule has 0 heterocycles. The molecule has 2 aromatic rings. The van der Waals surface area contributed by atoms with E-state index in [0.717, 1.165) is 5.56 Å². The third-order valence-corrected chi connectivity index (χ3v) is 3.39. The average Bonchev–Trinajstić information content (AvgIpc) is 2.68. The van der Waals surface area contributed by atoms with Gasteiger partial charge in [-0.15, -0.1) is 0 Å². The van der Waals surface area contributed by atoms with Crippen LogP contribution in [0.3, 0.4) is 0 Å². The van der Waals surface area contributed by atoms with Gasteiger partial charge in [0.2, 0.25) is 0 Å². The van der Waals surface area contributed by atoms with Crippen molar-refractivity contribution in [3.8, 4) is 0 Å². The lowest BCUT2D eigenvalue weighted by atomic mass is 9.99. The van der Waals surface area contributed by atoms with E-state index in [1.54, 1.807) is 0 Å². The molecule has 0 amide bonds. The smallest absolute Gasteiger partial charge is 0.302 e. The molecule has 0 saturated heterocycles. The summed E-state index contributed by atoms with van der Waals surface area (Å²) in [7, 11) is 0. The third kappa shape index (κ3) is 1.61. The van der Waals surface area contributed by atoms with Gasteiger partial charge in [0.25, 0.3) is 0 Å². The standard InChI is InChI=1S/C16H14O2/c1-10-8-12-6-7-13(9-18-11(2)17)15-5-3-4-14(10)16(12)15/h3-8H,9H2,1-2H3. The van der Waals surface area contributed by atoms with Crippen LogP contribution in [-0.2, 0) is 16.1 Å². The molecule has 0 aliphatic heterocycles. The molecule has 0 spiro atoms. The molecule has 3 rings (SSSR count). The second-order valence-electron chi connectivity index (χ2n) is 4.65. The molecule has 2 aromatic carbocycles. The predicted molar refractivity (Wildman–Crippen MR) is 73.0 cm³/mol. The molecular formula is C16H14O2. The number of rotatable bonds is 2. The third-order valence-electron chi connectivity index (χ3n) is 3.39. The Labute approximate surface area is 106 Å². The van der Waals surface area contributed by atoms with Crippen molar-refractivity contribution < 1.29 is 9.53 Å². The Balaban J connectivity index is 2.16. The normalized spacial score (nSPS) is 12.7. The summed E-state index contributed by atoms with van der Waals surface area (Å²) in [6.45, 7) is 3.90. The molecule has 0 N–H and O–H groups in total. The first-order chi connectivity index (χ1) is 8.66. The van der Waals surface area contributed by atoms with Crippen LogP contribution in [0, 0.1) is 0 Å². The fourth-order valence-corrected chi connectivity index (χ4v) is 2.56. The van der Waals surface area contributed by atoms with Crippen LogP contribution in [0.15, 0.2) is 30.3 Å².